The number of fused-ring (bicyclic) bond motifs is 1. The van der Waals surface area contributed by atoms with Crippen molar-refractivity contribution in [3.63, 3.8) is 0 Å². The molecule has 0 spiro atoms. The number of nitrogens with zero attached hydrogens (tertiary/aromatic N) is 3. The lowest BCUT2D eigenvalue weighted by Gasteiger charge is -2.33. The maximum absolute atomic E-state index is 13.3. The van der Waals surface area contributed by atoms with Crippen molar-refractivity contribution >= 4 is 16.8 Å². The summed E-state index contributed by atoms with van der Waals surface area (Å²) < 4.78 is 2.73. The highest BCUT2D eigenvalue weighted by molar-refractivity contribution is 5.81. The van der Waals surface area contributed by atoms with Crippen molar-refractivity contribution in [2.24, 2.45) is 0 Å². The van der Waals surface area contributed by atoms with Crippen molar-refractivity contribution in [2.75, 3.05) is 6.54 Å². The second kappa shape index (κ2) is 8.69. The first-order valence-corrected chi connectivity index (χ1v) is 10.6. The Morgan fingerprint density at radius 1 is 0.967 bits per heavy atom. The van der Waals surface area contributed by atoms with E-state index < -0.39 is 5.69 Å². The molecular weight excluding hydrogens is 378 g/mol. The van der Waals surface area contributed by atoms with Gasteiger partial charge in [0.25, 0.3) is 5.56 Å². The molecule has 30 heavy (non-hydrogen) atoms. The second-order valence-electron chi connectivity index (χ2n) is 8.01. The third kappa shape index (κ3) is 3.95. The minimum absolute atomic E-state index is 0.0463. The third-order valence-corrected chi connectivity index (χ3v) is 6.02. The highest BCUT2D eigenvalue weighted by Gasteiger charge is 2.24. The van der Waals surface area contributed by atoms with E-state index in [-0.39, 0.29) is 30.6 Å². The molecule has 6 heteroatoms. The SMILES string of the molecule is C[C@@H]1CCCCN1C(=O)Cn1c(=O)n(CCc2ccccc2)c(=O)c2ccccc21. The van der Waals surface area contributed by atoms with Gasteiger partial charge in [0.2, 0.25) is 5.91 Å². The molecule has 0 saturated carbocycles. The molecule has 1 aliphatic heterocycles. The number of hydrogen-bond acceptors (Lipinski definition) is 3. The number of hydrogen-bond donors (Lipinski definition) is 0. The van der Waals surface area contributed by atoms with Crippen LogP contribution < -0.4 is 11.2 Å². The zero-order chi connectivity index (χ0) is 21.1. The van der Waals surface area contributed by atoms with Crippen molar-refractivity contribution in [3.05, 3.63) is 81.0 Å². The van der Waals surface area contributed by atoms with Gasteiger partial charge in [-0.3, -0.25) is 18.7 Å². The number of carbonyl (C=O) groups excluding carboxylic acids is 1. The zero-order valence-electron chi connectivity index (χ0n) is 17.3. The Morgan fingerprint density at radius 2 is 1.70 bits per heavy atom. The number of piperidine rings is 1. The number of likely N-dealkylation sites (tertiary alicyclic amines) is 1. The van der Waals surface area contributed by atoms with Gasteiger partial charge >= 0.3 is 5.69 Å². The molecule has 1 amide bonds. The zero-order valence-corrected chi connectivity index (χ0v) is 17.3. The first kappa shape index (κ1) is 20.1. The standard InChI is InChI=1S/C24H27N3O3/c1-18-9-7-8-15-25(18)22(28)17-27-21-13-6-5-12-20(21)23(29)26(24(27)30)16-14-19-10-3-2-4-11-19/h2-6,10-13,18H,7-9,14-17H2,1H3/t18-/m1/s1. The summed E-state index contributed by atoms with van der Waals surface area (Å²) in [5.41, 5.74) is 0.845. The van der Waals surface area contributed by atoms with E-state index in [1.807, 2.05) is 35.2 Å². The Labute approximate surface area is 175 Å². The van der Waals surface area contributed by atoms with Crippen molar-refractivity contribution in [2.45, 2.75) is 51.7 Å². The fraction of sp³-hybridized carbons (Fsp3) is 0.375. The highest BCUT2D eigenvalue weighted by atomic mass is 16.2. The molecule has 0 radical (unpaired) electrons. The number of benzene rings is 2. The minimum Gasteiger partial charge on any atom is -0.338 e. The van der Waals surface area contributed by atoms with Gasteiger partial charge in [0.05, 0.1) is 10.9 Å². The second-order valence-corrected chi connectivity index (χ2v) is 8.01. The predicted molar refractivity (Wildman–Crippen MR) is 118 cm³/mol. The van der Waals surface area contributed by atoms with Crippen LogP contribution in [-0.2, 0) is 24.3 Å². The van der Waals surface area contributed by atoms with Gasteiger partial charge in [0.1, 0.15) is 6.54 Å². The van der Waals surface area contributed by atoms with E-state index in [2.05, 4.69) is 6.92 Å². The average Bonchev–Trinajstić information content (AvgIpc) is 2.77. The largest absolute Gasteiger partial charge is 0.338 e. The smallest absolute Gasteiger partial charge is 0.331 e. The molecule has 3 aromatic rings. The molecule has 2 heterocycles. The van der Waals surface area contributed by atoms with E-state index in [1.165, 1.54) is 9.13 Å². The molecule has 1 saturated heterocycles. The number of para-hydroxylation sites is 1. The van der Waals surface area contributed by atoms with Crippen LogP contribution in [0.1, 0.15) is 31.7 Å². The molecule has 1 atom stereocenters. The Balaban J connectivity index is 1.72. The molecule has 1 fully saturated rings. The summed E-state index contributed by atoms with van der Waals surface area (Å²) >= 11 is 0. The van der Waals surface area contributed by atoms with Crippen molar-refractivity contribution < 1.29 is 4.79 Å². The minimum atomic E-state index is -0.423. The van der Waals surface area contributed by atoms with Crippen LogP contribution in [-0.4, -0.2) is 32.5 Å². The van der Waals surface area contributed by atoms with E-state index in [0.29, 0.717) is 17.3 Å². The van der Waals surface area contributed by atoms with E-state index in [4.69, 9.17) is 0 Å². The molecular formula is C24H27N3O3. The monoisotopic (exact) mass is 405 g/mol. The third-order valence-electron chi connectivity index (χ3n) is 6.02. The van der Waals surface area contributed by atoms with E-state index in [0.717, 1.165) is 31.4 Å². The van der Waals surface area contributed by atoms with Gasteiger partial charge in [-0.05, 0) is 50.3 Å². The van der Waals surface area contributed by atoms with Gasteiger partial charge in [0.15, 0.2) is 0 Å². The molecule has 0 aliphatic carbocycles. The van der Waals surface area contributed by atoms with Gasteiger partial charge < -0.3 is 4.90 Å². The van der Waals surface area contributed by atoms with Crippen molar-refractivity contribution in [3.8, 4) is 0 Å². The number of rotatable bonds is 5. The summed E-state index contributed by atoms with van der Waals surface area (Å²) in [5.74, 6) is -0.0669. The lowest BCUT2D eigenvalue weighted by molar-refractivity contribution is -0.135. The van der Waals surface area contributed by atoms with Gasteiger partial charge in [-0.2, -0.15) is 0 Å². The summed E-state index contributed by atoms with van der Waals surface area (Å²) in [4.78, 5) is 41.2. The summed E-state index contributed by atoms with van der Waals surface area (Å²) in [6.07, 6.45) is 3.67. The van der Waals surface area contributed by atoms with Gasteiger partial charge in [-0.25, -0.2) is 4.79 Å². The number of carbonyl (C=O) groups is 1. The maximum Gasteiger partial charge on any atom is 0.331 e. The molecule has 0 N–H and O–H groups in total. The lowest BCUT2D eigenvalue weighted by atomic mass is 10.0. The Morgan fingerprint density at radius 3 is 2.47 bits per heavy atom. The van der Waals surface area contributed by atoms with E-state index in [9.17, 15) is 14.4 Å². The predicted octanol–water partition coefficient (Wildman–Crippen LogP) is 2.81. The van der Waals surface area contributed by atoms with E-state index >= 15 is 0 Å². The van der Waals surface area contributed by atoms with Crippen LogP contribution in [0.3, 0.4) is 0 Å². The molecule has 1 aromatic heterocycles. The topological polar surface area (TPSA) is 64.3 Å². The fourth-order valence-electron chi connectivity index (χ4n) is 4.30. The van der Waals surface area contributed by atoms with Gasteiger partial charge in [-0.15, -0.1) is 0 Å². The normalized spacial score (nSPS) is 16.7. The van der Waals surface area contributed by atoms with Crippen LogP contribution in [0.5, 0.6) is 0 Å². The Hall–Kier alpha value is -3.15. The van der Waals surface area contributed by atoms with Crippen LogP contribution in [0.4, 0.5) is 0 Å². The van der Waals surface area contributed by atoms with Crippen LogP contribution in [0, 0.1) is 0 Å². The molecule has 0 unspecified atom stereocenters. The summed E-state index contributed by atoms with van der Waals surface area (Å²) in [7, 11) is 0. The Kier molecular flexibility index (Phi) is 5.84. The summed E-state index contributed by atoms with van der Waals surface area (Å²) in [6, 6.07) is 17.0. The molecule has 2 aromatic carbocycles. The van der Waals surface area contributed by atoms with Crippen LogP contribution in [0.2, 0.25) is 0 Å². The number of aryl methyl sites for hydroxylation is 1. The quantitative estimate of drug-likeness (QED) is 0.656. The maximum atomic E-state index is 13.3. The van der Waals surface area contributed by atoms with Gasteiger partial charge in [0, 0.05) is 19.1 Å². The van der Waals surface area contributed by atoms with Crippen molar-refractivity contribution in [1.29, 1.82) is 0 Å². The number of amides is 1. The van der Waals surface area contributed by atoms with Crippen LogP contribution >= 0.6 is 0 Å². The molecule has 1 aliphatic rings. The van der Waals surface area contributed by atoms with Gasteiger partial charge in [-0.1, -0.05) is 42.5 Å². The highest BCUT2D eigenvalue weighted by Crippen LogP contribution is 2.17. The van der Waals surface area contributed by atoms with E-state index in [1.54, 1.807) is 24.3 Å². The molecule has 156 valence electrons. The molecule has 0 bridgehead atoms. The number of aromatic nitrogens is 2. The molecule has 4 rings (SSSR count). The first-order chi connectivity index (χ1) is 14.6. The average molecular weight is 405 g/mol. The lowest BCUT2D eigenvalue weighted by Crippen LogP contribution is -2.47. The Bertz CT molecular complexity index is 1160. The summed E-state index contributed by atoms with van der Waals surface area (Å²) in [5, 5.41) is 0.463. The van der Waals surface area contributed by atoms with Crippen LogP contribution in [0.25, 0.3) is 10.9 Å². The fourth-order valence-corrected chi connectivity index (χ4v) is 4.30. The first-order valence-electron chi connectivity index (χ1n) is 10.6. The summed E-state index contributed by atoms with van der Waals surface area (Å²) in [6.45, 7) is 3.01. The van der Waals surface area contributed by atoms with Crippen LogP contribution in [0.15, 0.2) is 64.2 Å². The van der Waals surface area contributed by atoms with Crippen molar-refractivity contribution in [1.82, 2.24) is 14.0 Å². The molecule has 6 nitrogen and oxygen atoms in total.